The summed E-state index contributed by atoms with van der Waals surface area (Å²) in [5, 5.41) is 0. The van der Waals surface area contributed by atoms with E-state index in [1.807, 2.05) is 12.1 Å². The van der Waals surface area contributed by atoms with Crippen molar-refractivity contribution in [2.24, 2.45) is 7.05 Å². The van der Waals surface area contributed by atoms with Gasteiger partial charge in [-0.05, 0) is 42.0 Å². The summed E-state index contributed by atoms with van der Waals surface area (Å²) in [4.78, 5) is 12.8. The first-order chi connectivity index (χ1) is 12.0. The molecule has 25 heavy (non-hydrogen) atoms. The molecule has 0 saturated heterocycles. The van der Waals surface area contributed by atoms with Crippen LogP contribution in [-0.2, 0) is 13.5 Å². The van der Waals surface area contributed by atoms with Crippen LogP contribution in [0.5, 0.6) is 5.75 Å². The molecule has 0 amide bonds. The molecule has 0 atom stereocenters. The maximum atomic E-state index is 14.0. The van der Waals surface area contributed by atoms with E-state index < -0.39 is 0 Å². The molecule has 5 heteroatoms. The van der Waals surface area contributed by atoms with E-state index in [9.17, 15) is 9.18 Å². The molecule has 2 N–H and O–H groups in total. The lowest BCUT2D eigenvalue weighted by atomic mass is 10.1. The van der Waals surface area contributed by atoms with Crippen LogP contribution in [0.15, 0.2) is 54.6 Å². The number of ketones is 1. The molecule has 0 aliphatic heterocycles. The normalized spacial score (nSPS) is 10.7. The largest absolute Gasteiger partial charge is 0.496 e. The number of halogens is 1. The third kappa shape index (κ3) is 3.26. The fraction of sp³-hybridized carbons (Fsp3) is 0.150. The molecule has 3 aromatic rings. The summed E-state index contributed by atoms with van der Waals surface area (Å²) in [7, 11) is 3.33. The lowest BCUT2D eigenvalue weighted by molar-refractivity contribution is 0.102. The van der Waals surface area contributed by atoms with E-state index in [1.165, 1.54) is 13.2 Å². The first-order valence-electron chi connectivity index (χ1n) is 7.87. The van der Waals surface area contributed by atoms with Crippen LogP contribution < -0.4 is 10.5 Å². The van der Waals surface area contributed by atoms with Gasteiger partial charge in [-0.2, -0.15) is 0 Å². The Morgan fingerprint density at radius 2 is 1.92 bits per heavy atom. The highest BCUT2D eigenvalue weighted by molar-refractivity contribution is 6.09. The molecule has 0 aliphatic carbocycles. The Morgan fingerprint density at radius 1 is 1.16 bits per heavy atom. The van der Waals surface area contributed by atoms with Crippen LogP contribution in [0.4, 0.5) is 10.1 Å². The number of carbonyl (C=O) groups excluding carboxylic acids is 1. The molecular weight excluding hydrogens is 319 g/mol. The molecule has 0 fully saturated rings. The molecule has 0 aliphatic rings. The Morgan fingerprint density at radius 3 is 2.64 bits per heavy atom. The molecule has 1 aromatic heterocycles. The van der Waals surface area contributed by atoms with Gasteiger partial charge in [-0.15, -0.1) is 0 Å². The van der Waals surface area contributed by atoms with Crippen molar-refractivity contribution < 1.29 is 13.9 Å². The minimum atomic E-state index is -0.348. The Kier molecular flexibility index (Phi) is 4.57. The molecule has 0 bridgehead atoms. The van der Waals surface area contributed by atoms with Crippen LogP contribution in [0.25, 0.3) is 0 Å². The monoisotopic (exact) mass is 338 g/mol. The number of hydrogen-bond acceptors (Lipinski definition) is 3. The maximum absolute atomic E-state index is 14.0. The van der Waals surface area contributed by atoms with Crippen molar-refractivity contribution >= 4 is 11.5 Å². The molecule has 0 spiro atoms. The van der Waals surface area contributed by atoms with Crippen LogP contribution in [0.2, 0.25) is 0 Å². The van der Waals surface area contributed by atoms with Gasteiger partial charge in [0.05, 0.1) is 18.4 Å². The van der Waals surface area contributed by atoms with E-state index in [1.54, 1.807) is 48.0 Å². The van der Waals surface area contributed by atoms with Gasteiger partial charge < -0.3 is 15.0 Å². The molecule has 128 valence electrons. The highest BCUT2D eigenvalue weighted by Gasteiger charge is 2.18. The first-order valence-corrected chi connectivity index (χ1v) is 7.87. The Hall–Kier alpha value is -3.08. The topological polar surface area (TPSA) is 57.2 Å². The molecule has 0 unspecified atom stereocenters. The number of hydrogen-bond donors (Lipinski definition) is 1. The highest BCUT2D eigenvalue weighted by atomic mass is 19.1. The minimum absolute atomic E-state index is 0.135. The van der Waals surface area contributed by atoms with Crippen LogP contribution >= 0.6 is 0 Å². The van der Waals surface area contributed by atoms with Gasteiger partial charge in [0.1, 0.15) is 11.6 Å². The number of carbonyl (C=O) groups is 1. The van der Waals surface area contributed by atoms with E-state index >= 15 is 0 Å². The van der Waals surface area contributed by atoms with Gasteiger partial charge in [-0.3, -0.25) is 4.79 Å². The number of benzene rings is 2. The lowest BCUT2D eigenvalue weighted by Crippen LogP contribution is -2.11. The minimum Gasteiger partial charge on any atom is -0.496 e. The van der Waals surface area contributed by atoms with E-state index in [-0.39, 0.29) is 11.6 Å². The molecule has 3 rings (SSSR count). The third-order valence-electron chi connectivity index (χ3n) is 4.26. The smallest absolute Gasteiger partial charge is 0.213 e. The number of aromatic nitrogens is 1. The summed E-state index contributed by atoms with van der Waals surface area (Å²) in [6.07, 6.45) is 0.377. The Balaban J connectivity index is 1.92. The van der Waals surface area contributed by atoms with E-state index in [2.05, 4.69) is 0 Å². The zero-order chi connectivity index (χ0) is 18.0. The predicted octanol–water partition coefficient (Wildman–Crippen LogP) is 3.58. The third-order valence-corrected chi connectivity index (χ3v) is 4.26. The number of nitrogens with zero attached hydrogens (tertiary/aromatic N) is 1. The summed E-state index contributed by atoms with van der Waals surface area (Å²) in [5.74, 6) is 0.0441. The number of nitrogens with two attached hydrogens (primary N) is 1. The Labute approximate surface area is 145 Å². The second kappa shape index (κ2) is 6.81. The second-order valence-electron chi connectivity index (χ2n) is 5.83. The van der Waals surface area contributed by atoms with Gasteiger partial charge in [0, 0.05) is 24.8 Å². The van der Waals surface area contributed by atoms with Crippen molar-refractivity contribution in [2.45, 2.75) is 6.42 Å². The fourth-order valence-corrected chi connectivity index (χ4v) is 2.83. The quantitative estimate of drug-likeness (QED) is 0.571. The fourth-order valence-electron chi connectivity index (χ4n) is 2.83. The van der Waals surface area contributed by atoms with Gasteiger partial charge in [0.2, 0.25) is 5.78 Å². The second-order valence-corrected chi connectivity index (χ2v) is 5.83. The van der Waals surface area contributed by atoms with E-state index in [0.717, 1.165) is 5.69 Å². The molecule has 1 heterocycles. The van der Waals surface area contributed by atoms with Gasteiger partial charge in [-0.1, -0.05) is 18.2 Å². The zero-order valence-corrected chi connectivity index (χ0v) is 14.1. The highest BCUT2D eigenvalue weighted by Crippen LogP contribution is 2.23. The number of rotatable bonds is 5. The molecular formula is C20H19FN2O2. The van der Waals surface area contributed by atoms with Gasteiger partial charge in [0.15, 0.2) is 0 Å². The van der Waals surface area contributed by atoms with Crippen LogP contribution in [0.1, 0.15) is 27.3 Å². The lowest BCUT2D eigenvalue weighted by Gasteiger charge is -2.10. The van der Waals surface area contributed by atoms with Gasteiger partial charge in [-0.25, -0.2) is 4.39 Å². The molecule has 2 aromatic carbocycles. The summed E-state index contributed by atoms with van der Waals surface area (Å²) in [5.41, 5.74) is 8.36. The number of methoxy groups -OCH3 is 1. The average Bonchev–Trinajstić information content (AvgIpc) is 2.97. The van der Waals surface area contributed by atoms with Crippen molar-refractivity contribution in [3.8, 4) is 5.75 Å². The average molecular weight is 338 g/mol. The Bertz CT molecular complexity index is 931. The van der Waals surface area contributed by atoms with Crippen LogP contribution in [-0.4, -0.2) is 17.5 Å². The van der Waals surface area contributed by atoms with Crippen molar-refractivity contribution in [3.05, 3.63) is 82.9 Å². The summed E-state index contributed by atoms with van der Waals surface area (Å²) >= 11 is 0. The summed E-state index contributed by atoms with van der Waals surface area (Å²) in [6, 6.07) is 15.3. The first kappa shape index (κ1) is 16.8. The summed E-state index contributed by atoms with van der Waals surface area (Å²) < 4.78 is 21.1. The standard InChI is InChI=1S/C20H19FN2O2/c1-23-15(11-13-7-8-14(22)12-17(13)21)9-10-18(23)20(24)16-5-3-4-6-19(16)25-2/h3-10,12H,11,22H2,1-2H3. The van der Waals surface area contributed by atoms with Crippen LogP contribution in [0.3, 0.4) is 0 Å². The van der Waals surface area contributed by atoms with Crippen molar-refractivity contribution in [1.29, 1.82) is 0 Å². The molecule has 0 saturated carbocycles. The zero-order valence-electron chi connectivity index (χ0n) is 14.1. The van der Waals surface area contributed by atoms with E-state index in [4.69, 9.17) is 10.5 Å². The van der Waals surface area contributed by atoms with Gasteiger partial charge >= 0.3 is 0 Å². The number of anilines is 1. The molecule has 0 radical (unpaired) electrons. The van der Waals surface area contributed by atoms with Crippen molar-refractivity contribution in [3.63, 3.8) is 0 Å². The SMILES string of the molecule is COc1ccccc1C(=O)c1ccc(Cc2ccc(N)cc2F)n1C. The number of para-hydroxylation sites is 1. The molecule has 4 nitrogen and oxygen atoms in total. The van der Waals surface area contributed by atoms with Gasteiger partial charge in [0.25, 0.3) is 0 Å². The number of nitrogen functional groups attached to an aromatic ring is 1. The van der Waals surface area contributed by atoms with Crippen LogP contribution in [0, 0.1) is 5.82 Å². The van der Waals surface area contributed by atoms with Crippen molar-refractivity contribution in [2.75, 3.05) is 12.8 Å². The number of ether oxygens (including phenoxy) is 1. The predicted molar refractivity (Wildman–Crippen MR) is 95.5 cm³/mol. The van der Waals surface area contributed by atoms with Crippen molar-refractivity contribution in [1.82, 2.24) is 4.57 Å². The van der Waals surface area contributed by atoms with E-state index in [0.29, 0.717) is 34.7 Å². The summed E-state index contributed by atoms with van der Waals surface area (Å²) in [6.45, 7) is 0. The maximum Gasteiger partial charge on any atom is 0.213 e.